The number of anilines is 2. The van der Waals surface area contributed by atoms with E-state index in [1.165, 1.54) is 12.2 Å². The van der Waals surface area contributed by atoms with Gasteiger partial charge in [-0.05, 0) is 31.2 Å². The third kappa shape index (κ3) is 2.79. The molecule has 98 valence electrons. The fraction of sp³-hybridized carbons (Fsp3) is 0.154. The molecule has 1 aromatic rings. The van der Waals surface area contributed by atoms with Crippen molar-refractivity contribution in [3.8, 4) is 0 Å². The molecule has 1 aromatic carbocycles. The van der Waals surface area contributed by atoms with Crippen molar-refractivity contribution in [2.24, 2.45) is 0 Å². The summed E-state index contributed by atoms with van der Waals surface area (Å²) < 4.78 is 0. The van der Waals surface area contributed by atoms with Gasteiger partial charge in [0.2, 0.25) is 0 Å². The standard InChI is InChI=1S/C13H13N3O3/c1-2-14-13(19)15-9-3-5-10(6-4-9)16-11(17)7-8-12(16)18/h3-8H,2H2,1H3,(H2,14,15,19). The second-order valence-electron chi connectivity index (χ2n) is 3.88. The third-order valence-electron chi connectivity index (χ3n) is 2.53. The van der Waals surface area contributed by atoms with Crippen LogP contribution in [0.15, 0.2) is 36.4 Å². The lowest BCUT2D eigenvalue weighted by atomic mass is 10.2. The van der Waals surface area contributed by atoms with E-state index < -0.39 is 0 Å². The van der Waals surface area contributed by atoms with E-state index in [0.29, 0.717) is 17.9 Å². The molecule has 0 aliphatic carbocycles. The molecule has 2 N–H and O–H groups in total. The van der Waals surface area contributed by atoms with Crippen LogP contribution >= 0.6 is 0 Å². The Bertz CT molecular complexity index is 531. The number of nitrogens with one attached hydrogen (secondary N) is 2. The van der Waals surface area contributed by atoms with Crippen molar-refractivity contribution >= 4 is 29.2 Å². The number of urea groups is 1. The normalized spacial score (nSPS) is 13.8. The number of benzene rings is 1. The second-order valence-corrected chi connectivity index (χ2v) is 3.88. The Labute approximate surface area is 110 Å². The summed E-state index contributed by atoms with van der Waals surface area (Å²) in [6.45, 7) is 2.35. The van der Waals surface area contributed by atoms with Gasteiger partial charge in [-0.15, -0.1) is 0 Å². The number of carbonyl (C=O) groups excluding carboxylic acids is 3. The zero-order valence-electron chi connectivity index (χ0n) is 10.3. The first-order valence-corrected chi connectivity index (χ1v) is 5.83. The first-order chi connectivity index (χ1) is 9.11. The molecule has 0 aromatic heterocycles. The quantitative estimate of drug-likeness (QED) is 0.802. The number of hydrogen-bond acceptors (Lipinski definition) is 3. The van der Waals surface area contributed by atoms with Gasteiger partial charge in [0, 0.05) is 24.4 Å². The predicted octanol–water partition coefficient (Wildman–Crippen LogP) is 1.26. The van der Waals surface area contributed by atoms with E-state index in [1.54, 1.807) is 24.3 Å². The van der Waals surface area contributed by atoms with Gasteiger partial charge in [-0.1, -0.05) is 0 Å². The minimum Gasteiger partial charge on any atom is -0.338 e. The molecular weight excluding hydrogens is 246 g/mol. The molecule has 2 rings (SSSR count). The summed E-state index contributed by atoms with van der Waals surface area (Å²) >= 11 is 0. The fourth-order valence-corrected chi connectivity index (χ4v) is 1.68. The minimum absolute atomic E-state index is 0.301. The number of imide groups is 1. The highest BCUT2D eigenvalue weighted by atomic mass is 16.2. The van der Waals surface area contributed by atoms with Crippen LogP contribution in [0.2, 0.25) is 0 Å². The Morgan fingerprint density at radius 1 is 1.11 bits per heavy atom. The summed E-state index contributed by atoms with van der Waals surface area (Å²) in [4.78, 5) is 35.3. The van der Waals surface area contributed by atoms with Gasteiger partial charge < -0.3 is 10.6 Å². The second kappa shape index (κ2) is 5.34. The summed E-state index contributed by atoms with van der Waals surface area (Å²) in [6.07, 6.45) is 2.45. The van der Waals surface area contributed by atoms with E-state index in [1.807, 2.05) is 6.92 Å². The van der Waals surface area contributed by atoms with Gasteiger partial charge >= 0.3 is 6.03 Å². The highest BCUT2D eigenvalue weighted by Gasteiger charge is 2.24. The first kappa shape index (κ1) is 12.8. The zero-order chi connectivity index (χ0) is 13.8. The lowest BCUT2D eigenvalue weighted by molar-refractivity contribution is -0.119. The van der Waals surface area contributed by atoms with Crippen LogP contribution in [0, 0.1) is 0 Å². The molecule has 6 nitrogen and oxygen atoms in total. The van der Waals surface area contributed by atoms with Gasteiger partial charge in [0.05, 0.1) is 5.69 Å². The van der Waals surface area contributed by atoms with Crippen molar-refractivity contribution in [3.63, 3.8) is 0 Å². The fourth-order valence-electron chi connectivity index (χ4n) is 1.68. The smallest absolute Gasteiger partial charge is 0.319 e. The largest absolute Gasteiger partial charge is 0.338 e. The summed E-state index contributed by atoms with van der Waals surface area (Å²) in [5, 5.41) is 5.23. The predicted molar refractivity (Wildman–Crippen MR) is 70.8 cm³/mol. The Hall–Kier alpha value is -2.63. The highest BCUT2D eigenvalue weighted by molar-refractivity contribution is 6.28. The average Bonchev–Trinajstić information content (AvgIpc) is 2.71. The number of amides is 4. The molecule has 19 heavy (non-hydrogen) atoms. The van der Waals surface area contributed by atoms with Crippen molar-refractivity contribution in [2.75, 3.05) is 16.8 Å². The highest BCUT2D eigenvalue weighted by Crippen LogP contribution is 2.21. The molecule has 0 radical (unpaired) electrons. The van der Waals surface area contributed by atoms with Crippen molar-refractivity contribution in [3.05, 3.63) is 36.4 Å². The molecule has 0 atom stereocenters. The number of hydrogen-bond donors (Lipinski definition) is 2. The maximum Gasteiger partial charge on any atom is 0.319 e. The van der Waals surface area contributed by atoms with Crippen molar-refractivity contribution in [2.45, 2.75) is 6.92 Å². The summed E-state index contributed by atoms with van der Waals surface area (Å²) in [5.74, 6) is -0.733. The van der Waals surface area contributed by atoms with Crippen LogP contribution in [0.1, 0.15) is 6.92 Å². The van der Waals surface area contributed by atoms with Crippen LogP contribution in [-0.4, -0.2) is 24.4 Å². The molecule has 4 amide bonds. The van der Waals surface area contributed by atoms with E-state index in [9.17, 15) is 14.4 Å². The molecule has 0 fully saturated rings. The number of nitrogens with zero attached hydrogens (tertiary/aromatic N) is 1. The third-order valence-corrected chi connectivity index (χ3v) is 2.53. The van der Waals surface area contributed by atoms with Crippen LogP contribution in [0.4, 0.5) is 16.2 Å². The first-order valence-electron chi connectivity index (χ1n) is 5.83. The van der Waals surface area contributed by atoms with Crippen LogP contribution in [0.25, 0.3) is 0 Å². The molecule has 1 aliphatic heterocycles. The Kier molecular flexibility index (Phi) is 3.61. The molecule has 0 spiro atoms. The van der Waals surface area contributed by atoms with E-state index in [4.69, 9.17) is 0 Å². The van der Waals surface area contributed by atoms with Crippen LogP contribution in [0.5, 0.6) is 0 Å². The van der Waals surface area contributed by atoms with Crippen LogP contribution < -0.4 is 15.5 Å². The average molecular weight is 259 g/mol. The van der Waals surface area contributed by atoms with Gasteiger partial charge in [-0.25, -0.2) is 9.69 Å². The van der Waals surface area contributed by atoms with Gasteiger partial charge in [-0.3, -0.25) is 9.59 Å². The molecule has 1 aliphatic rings. The molecule has 6 heteroatoms. The maximum atomic E-state index is 11.5. The molecular formula is C13H13N3O3. The zero-order valence-corrected chi connectivity index (χ0v) is 10.3. The Morgan fingerprint density at radius 2 is 1.68 bits per heavy atom. The van der Waals surface area contributed by atoms with Gasteiger partial charge in [-0.2, -0.15) is 0 Å². The van der Waals surface area contributed by atoms with E-state index in [0.717, 1.165) is 4.90 Å². The maximum absolute atomic E-state index is 11.5. The SMILES string of the molecule is CCNC(=O)Nc1ccc(N2C(=O)C=CC2=O)cc1. The monoisotopic (exact) mass is 259 g/mol. The van der Waals surface area contributed by atoms with Crippen LogP contribution in [-0.2, 0) is 9.59 Å². The lowest BCUT2D eigenvalue weighted by Crippen LogP contribution is -2.30. The van der Waals surface area contributed by atoms with Gasteiger partial charge in [0.15, 0.2) is 0 Å². The number of rotatable bonds is 3. The van der Waals surface area contributed by atoms with Crippen molar-refractivity contribution < 1.29 is 14.4 Å². The Balaban J connectivity index is 2.09. The topological polar surface area (TPSA) is 78.5 Å². The summed E-state index contributed by atoms with van der Waals surface area (Å²) in [7, 11) is 0. The number of carbonyl (C=O) groups is 3. The molecule has 0 unspecified atom stereocenters. The van der Waals surface area contributed by atoms with Gasteiger partial charge in [0.25, 0.3) is 11.8 Å². The molecule has 1 heterocycles. The van der Waals surface area contributed by atoms with Crippen molar-refractivity contribution in [1.82, 2.24) is 5.32 Å². The van der Waals surface area contributed by atoms with E-state index in [2.05, 4.69) is 10.6 Å². The molecule has 0 bridgehead atoms. The van der Waals surface area contributed by atoms with Gasteiger partial charge in [0.1, 0.15) is 0 Å². The van der Waals surface area contributed by atoms with Crippen molar-refractivity contribution in [1.29, 1.82) is 0 Å². The van der Waals surface area contributed by atoms with Crippen LogP contribution in [0.3, 0.4) is 0 Å². The summed E-state index contributed by atoms with van der Waals surface area (Å²) in [6, 6.07) is 6.16. The summed E-state index contributed by atoms with van der Waals surface area (Å²) in [5.41, 5.74) is 1.06. The minimum atomic E-state index is -0.366. The van der Waals surface area contributed by atoms with E-state index >= 15 is 0 Å². The lowest BCUT2D eigenvalue weighted by Gasteiger charge is -2.14. The Morgan fingerprint density at radius 3 is 2.21 bits per heavy atom. The molecule has 0 saturated heterocycles. The van der Waals surface area contributed by atoms with E-state index in [-0.39, 0.29) is 17.8 Å². The molecule has 0 saturated carbocycles.